The summed E-state index contributed by atoms with van der Waals surface area (Å²) >= 11 is 2.05. The SMILES string of the molecule is CCOc1nc(I)nc2ncn(C)c12. The Bertz CT molecular complexity index is 468. The van der Waals surface area contributed by atoms with Gasteiger partial charge in [-0.25, -0.2) is 9.97 Å². The van der Waals surface area contributed by atoms with Crippen molar-refractivity contribution in [1.29, 1.82) is 0 Å². The Morgan fingerprint density at radius 1 is 1.50 bits per heavy atom. The molecule has 5 nitrogen and oxygen atoms in total. The van der Waals surface area contributed by atoms with Crippen LogP contribution in [0.5, 0.6) is 5.88 Å². The molecule has 0 saturated carbocycles. The molecule has 0 aliphatic heterocycles. The van der Waals surface area contributed by atoms with Crippen LogP contribution in [0.4, 0.5) is 0 Å². The summed E-state index contributed by atoms with van der Waals surface area (Å²) < 4.78 is 7.93. The van der Waals surface area contributed by atoms with E-state index in [1.807, 2.05) is 18.5 Å². The summed E-state index contributed by atoms with van der Waals surface area (Å²) in [7, 11) is 1.90. The average Bonchev–Trinajstić information content (AvgIpc) is 2.48. The summed E-state index contributed by atoms with van der Waals surface area (Å²) in [5.41, 5.74) is 1.52. The van der Waals surface area contributed by atoms with Crippen LogP contribution < -0.4 is 4.74 Å². The molecule has 74 valence electrons. The van der Waals surface area contributed by atoms with Crippen molar-refractivity contribution in [2.24, 2.45) is 7.05 Å². The molecule has 6 heteroatoms. The van der Waals surface area contributed by atoms with Crippen molar-refractivity contribution in [2.45, 2.75) is 6.92 Å². The van der Waals surface area contributed by atoms with Crippen LogP contribution in [0, 0.1) is 3.83 Å². The second-order valence-electron chi connectivity index (χ2n) is 2.76. The molecule has 2 rings (SSSR count). The number of hydrogen-bond donors (Lipinski definition) is 0. The molecule has 0 fully saturated rings. The molecular formula is C8H9IN4O. The third-order valence-electron chi connectivity index (χ3n) is 1.79. The fourth-order valence-corrected chi connectivity index (χ4v) is 1.68. The number of nitrogens with zero attached hydrogens (tertiary/aromatic N) is 4. The van der Waals surface area contributed by atoms with Crippen LogP contribution in [0.2, 0.25) is 0 Å². The molecule has 0 bridgehead atoms. The topological polar surface area (TPSA) is 52.8 Å². The Labute approximate surface area is 94.7 Å². The smallest absolute Gasteiger partial charge is 0.244 e. The molecule has 2 heterocycles. The van der Waals surface area contributed by atoms with Gasteiger partial charge in [0.1, 0.15) is 0 Å². The second-order valence-corrected chi connectivity index (χ2v) is 3.72. The molecule has 0 saturated heterocycles. The first-order valence-corrected chi connectivity index (χ1v) is 5.27. The summed E-state index contributed by atoms with van der Waals surface area (Å²) in [5, 5.41) is 0. The van der Waals surface area contributed by atoms with E-state index in [-0.39, 0.29) is 0 Å². The predicted molar refractivity (Wildman–Crippen MR) is 60.2 cm³/mol. The maximum atomic E-state index is 5.42. The van der Waals surface area contributed by atoms with Gasteiger partial charge in [0.25, 0.3) is 0 Å². The van der Waals surface area contributed by atoms with Crippen LogP contribution in [0.1, 0.15) is 6.92 Å². The van der Waals surface area contributed by atoms with E-state index in [1.54, 1.807) is 6.33 Å². The highest BCUT2D eigenvalue weighted by Gasteiger charge is 2.11. The first kappa shape index (κ1) is 9.63. The van der Waals surface area contributed by atoms with E-state index in [0.29, 0.717) is 22.0 Å². The van der Waals surface area contributed by atoms with Gasteiger partial charge in [0.2, 0.25) is 5.88 Å². The monoisotopic (exact) mass is 304 g/mol. The number of hydrogen-bond acceptors (Lipinski definition) is 4. The molecule has 0 unspecified atom stereocenters. The number of halogens is 1. The molecule has 14 heavy (non-hydrogen) atoms. The van der Waals surface area contributed by atoms with Gasteiger partial charge in [-0.3, -0.25) is 0 Å². The number of imidazole rings is 1. The fraction of sp³-hybridized carbons (Fsp3) is 0.375. The summed E-state index contributed by atoms with van der Waals surface area (Å²) in [4.78, 5) is 12.6. The minimum atomic E-state index is 0.591. The molecule has 2 aromatic heterocycles. The number of fused-ring (bicyclic) bond motifs is 1. The minimum Gasteiger partial charge on any atom is -0.476 e. The lowest BCUT2D eigenvalue weighted by atomic mass is 10.5. The number of ether oxygens (including phenoxy) is 1. The molecule has 0 radical (unpaired) electrons. The van der Waals surface area contributed by atoms with E-state index in [0.717, 1.165) is 5.52 Å². The normalized spacial score (nSPS) is 10.8. The molecule has 0 N–H and O–H groups in total. The molecule has 0 aliphatic rings. The number of aromatic nitrogens is 4. The highest BCUT2D eigenvalue weighted by atomic mass is 127. The average molecular weight is 304 g/mol. The van der Waals surface area contributed by atoms with E-state index in [4.69, 9.17) is 4.74 Å². The number of aryl methyl sites for hydroxylation is 1. The Morgan fingerprint density at radius 3 is 3.00 bits per heavy atom. The van der Waals surface area contributed by atoms with Crippen molar-refractivity contribution in [2.75, 3.05) is 6.61 Å². The van der Waals surface area contributed by atoms with Gasteiger partial charge in [-0.2, -0.15) is 4.98 Å². The maximum Gasteiger partial charge on any atom is 0.244 e. The maximum absolute atomic E-state index is 5.42. The Balaban J connectivity index is 2.70. The minimum absolute atomic E-state index is 0.591. The van der Waals surface area contributed by atoms with E-state index in [1.165, 1.54) is 0 Å². The zero-order valence-electron chi connectivity index (χ0n) is 7.86. The van der Waals surface area contributed by atoms with Crippen molar-refractivity contribution in [1.82, 2.24) is 19.5 Å². The molecule has 0 atom stereocenters. The zero-order valence-corrected chi connectivity index (χ0v) is 10.0. The molecule has 0 spiro atoms. The summed E-state index contributed by atoms with van der Waals surface area (Å²) in [6.07, 6.45) is 1.71. The lowest BCUT2D eigenvalue weighted by Crippen LogP contribution is -2.00. The first-order chi connectivity index (χ1) is 6.72. The van der Waals surface area contributed by atoms with Crippen molar-refractivity contribution in [3.05, 3.63) is 10.2 Å². The summed E-state index contributed by atoms with van der Waals surface area (Å²) in [6.45, 7) is 2.52. The van der Waals surface area contributed by atoms with Crippen LogP contribution in [-0.2, 0) is 7.05 Å². The third kappa shape index (κ3) is 1.54. The van der Waals surface area contributed by atoms with E-state index in [9.17, 15) is 0 Å². The van der Waals surface area contributed by atoms with Gasteiger partial charge < -0.3 is 9.30 Å². The highest BCUT2D eigenvalue weighted by molar-refractivity contribution is 14.1. The van der Waals surface area contributed by atoms with Crippen molar-refractivity contribution < 1.29 is 4.74 Å². The second kappa shape index (κ2) is 3.68. The largest absolute Gasteiger partial charge is 0.476 e. The van der Waals surface area contributed by atoms with Crippen molar-refractivity contribution in [3.63, 3.8) is 0 Å². The van der Waals surface area contributed by atoms with Gasteiger partial charge in [-0.05, 0) is 6.92 Å². The van der Waals surface area contributed by atoms with Crippen molar-refractivity contribution >= 4 is 33.8 Å². The van der Waals surface area contributed by atoms with Gasteiger partial charge in [-0.1, -0.05) is 0 Å². The standard InChI is InChI=1S/C8H9IN4O/c1-3-14-7-5-6(10-4-13(5)2)11-8(9)12-7/h4H,3H2,1-2H3. The lowest BCUT2D eigenvalue weighted by Gasteiger charge is -2.04. The molecular weight excluding hydrogens is 295 g/mol. The van der Waals surface area contributed by atoms with Gasteiger partial charge in [-0.15, -0.1) is 0 Å². The third-order valence-corrected chi connectivity index (χ3v) is 2.28. The first-order valence-electron chi connectivity index (χ1n) is 4.19. The predicted octanol–water partition coefficient (Wildman–Crippen LogP) is 1.37. The summed E-state index contributed by atoms with van der Waals surface area (Å²) in [5.74, 6) is 0.599. The van der Waals surface area contributed by atoms with Gasteiger partial charge in [0.15, 0.2) is 15.0 Å². The van der Waals surface area contributed by atoms with Gasteiger partial charge >= 0.3 is 0 Å². The Morgan fingerprint density at radius 2 is 2.29 bits per heavy atom. The molecule has 0 aromatic carbocycles. The lowest BCUT2D eigenvalue weighted by molar-refractivity contribution is 0.328. The summed E-state index contributed by atoms with van der Waals surface area (Å²) in [6, 6.07) is 0. The van der Waals surface area contributed by atoms with Gasteiger partial charge in [0, 0.05) is 29.6 Å². The Kier molecular flexibility index (Phi) is 2.53. The Hall–Kier alpha value is -0.920. The molecule has 0 amide bonds. The fourth-order valence-electron chi connectivity index (χ4n) is 1.23. The van der Waals surface area contributed by atoms with Crippen LogP contribution in [-0.4, -0.2) is 26.1 Å². The van der Waals surface area contributed by atoms with Crippen LogP contribution in [0.25, 0.3) is 11.2 Å². The van der Waals surface area contributed by atoms with Crippen LogP contribution in [0.3, 0.4) is 0 Å². The van der Waals surface area contributed by atoms with E-state index < -0.39 is 0 Å². The number of rotatable bonds is 2. The highest BCUT2D eigenvalue weighted by Crippen LogP contribution is 2.21. The van der Waals surface area contributed by atoms with Gasteiger partial charge in [0.05, 0.1) is 12.9 Å². The van der Waals surface area contributed by atoms with E-state index in [2.05, 4.69) is 37.5 Å². The van der Waals surface area contributed by atoms with Crippen LogP contribution in [0.15, 0.2) is 6.33 Å². The zero-order chi connectivity index (χ0) is 10.1. The molecule has 0 aliphatic carbocycles. The molecule has 2 aromatic rings. The quantitative estimate of drug-likeness (QED) is 0.621. The van der Waals surface area contributed by atoms with E-state index >= 15 is 0 Å². The van der Waals surface area contributed by atoms with Crippen LogP contribution >= 0.6 is 22.6 Å². The van der Waals surface area contributed by atoms with Crippen molar-refractivity contribution in [3.8, 4) is 5.88 Å².